The minimum Gasteiger partial charge on any atom is -0.452 e. The maximum atomic E-state index is 13.8. The number of likely N-dealkylation sites (N-methyl/N-ethyl adjacent to an activating group) is 1. The first-order valence-electron chi connectivity index (χ1n) is 7.78. The van der Waals surface area contributed by atoms with Crippen molar-refractivity contribution in [2.75, 3.05) is 19.0 Å². The Morgan fingerprint density at radius 2 is 1.85 bits per heavy atom. The minimum absolute atomic E-state index is 0.0601. The highest BCUT2D eigenvalue weighted by Gasteiger charge is 2.16. The molecule has 0 saturated heterocycles. The molecule has 0 saturated carbocycles. The zero-order valence-electron chi connectivity index (χ0n) is 14.4. The average Bonchev–Trinajstić information content (AvgIpc) is 2.62. The van der Waals surface area contributed by atoms with Gasteiger partial charge in [-0.25, -0.2) is 14.0 Å². The van der Waals surface area contributed by atoms with Crippen molar-refractivity contribution in [1.82, 2.24) is 4.90 Å². The fraction of sp³-hybridized carbons (Fsp3) is 0.167. The Kier molecular flexibility index (Phi) is 6.73. The summed E-state index contributed by atoms with van der Waals surface area (Å²) in [5.41, 5.74) is 5.78. The van der Waals surface area contributed by atoms with Crippen LogP contribution in [0.1, 0.15) is 15.9 Å². The van der Waals surface area contributed by atoms with Crippen LogP contribution in [0.25, 0.3) is 0 Å². The average molecular weight is 394 g/mol. The Labute approximate surface area is 159 Å². The Bertz CT molecular complexity index is 838. The van der Waals surface area contributed by atoms with E-state index in [9.17, 15) is 18.8 Å². The third kappa shape index (κ3) is 5.68. The van der Waals surface area contributed by atoms with E-state index in [1.54, 1.807) is 0 Å². The summed E-state index contributed by atoms with van der Waals surface area (Å²) in [5, 5.41) is 2.56. The van der Waals surface area contributed by atoms with E-state index in [-0.39, 0.29) is 22.7 Å². The summed E-state index contributed by atoms with van der Waals surface area (Å²) >= 11 is 5.93. The van der Waals surface area contributed by atoms with Gasteiger partial charge in [0.15, 0.2) is 6.61 Å². The van der Waals surface area contributed by atoms with E-state index in [2.05, 4.69) is 5.32 Å². The number of ether oxygens (including phenoxy) is 1. The van der Waals surface area contributed by atoms with Crippen molar-refractivity contribution in [3.05, 3.63) is 64.4 Å². The topological polar surface area (TPSA) is 102 Å². The number of esters is 1. The van der Waals surface area contributed by atoms with E-state index in [0.717, 1.165) is 0 Å². The van der Waals surface area contributed by atoms with Crippen LogP contribution in [0.5, 0.6) is 0 Å². The molecule has 142 valence electrons. The van der Waals surface area contributed by atoms with Crippen LogP contribution in [-0.4, -0.2) is 36.5 Å². The summed E-state index contributed by atoms with van der Waals surface area (Å²) in [6, 6.07) is 9.28. The van der Waals surface area contributed by atoms with Gasteiger partial charge in [0.1, 0.15) is 5.82 Å². The van der Waals surface area contributed by atoms with Gasteiger partial charge >= 0.3 is 12.0 Å². The largest absolute Gasteiger partial charge is 0.452 e. The fourth-order valence-electron chi connectivity index (χ4n) is 2.16. The summed E-state index contributed by atoms with van der Waals surface area (Å²) in [5.74, 6) is -1.76. The Hall–Kier alpha value is -3.13. The molecule has 2 aromatic rings. The highest BCUT2D eigenvalue weighted by Crippen LogP contribution is 2.20. The Morgan fingerprint density at radius 3 is 2.44 bits per heavy atom. The standard InChI is InChI=1S/C18H17ClFN3O4/c1-23(9-13-14(19)3-2-4-15(13)20)16(24)10-27-17(25)11-5-7-12(8-6-11)22-18(21)26/h2-8H,9-10H2,1H3,(H3,21,22,26). The van der Waals surface area contributed by atoms with Crippen molar-refractivity contribution in [1.29, 1.82) is 0 Å². The SMILES string of the molecule is CN(Cc1c(F)cccc1Cl)C(=O)COC(=O)c1ccc(NC(N)=O)cc1. The molecule has 2 aromatic carbocycles. The molecular weight excluding hydrogens is 377 g/mol. The number of rotatable bonds is 6. The summed E-state index contributed by atoms with van der Waals surface area (Å²) < 4.78 is 18.7. The van der Waals surface area contributed by atoms with Crippen LogP contribution in [0.2, 0.25) is 5.02 Å². The number of nitrogens with zero attached hydrogens (tertiary/aromatic N) is 1. The molecule has 0 spiro atoms. The second kappa shape index (κ2) is 9.00. The number of urea groups is 1. The van der Waals surface area contributed by atoms with Crippen molar-refractivity contribution in [2.24, 2.45) is 5.73 Å². The summed E-state index contributed by atoms with van der Waals surface area (Å²) in [6.07, 6.45) is 0. The minimum atomic E-state index is -0.728. The quantitative estimate of drug-likeness (QED) is 0.736. The summed E-state index contributed by atoms with van der Waals surface area (Å²) in [4.78, 5) is 36.0. The van der Waals surface area contributed by atoms with Gasteiger partial charge in [0, 0.05) is 29.9 Å². The molecule has 0 aromatic heterocycles. The Balaban J connectivity index is 1.90. The van der Waals surface area contributed by atoms with Crippen molar-refractivity contribution in [2.45, 2.75) is 6.54 Å². The molecule has 9 heteroatoms. The second-order valence-corrected chi connectivity index (χ2v) is 6.00. The number of halogens is 2. The zero-order chi connectivity index (χ0) is 20.0. The van der Waals surface area contributed by atoms with Gasteiger partial charge in [0.2, 0.25) is 0 Å². The smallest absolute Gasteiger partial charge is 0.338 e. The lowest BCUT2D eigenvalue weighted by Gasteiger charge is -2.18. The van der Waals surface area contributed by atoms with Crippen LogP contribution in [0.4, 0.5) is 14.9 Å². The van der Waals surface area contributed by atoms with Crippen LogP contribution in [-0.2, 0) is 16.1 Å². The lowest BCUT2D eigenvalue weighted by atomic mass is 10.2. The first-order valence-corrected chi connectivity index (χ1v) is 8.16. The number of carbonyl (C=O) groups excluding carboxylic acids is 3. The molecule has 27 heavy (non-hydrogen) atoms. The van der Waals surface area contributed by atoms with Crippen LogP contribution in [0, 0.1) is 5.82 Å². The first-order chi connectivity index (χ1) is 12.8. The molecule has 7 nitrogen and oxygen atoms in total. The van der Waals surface area contributed by atoms with E-state index in [0.29, 0.717) is 5.69 Å². The van der Waals surface area contributed by atoms with Crippen molar-refractivity contribution >= 4 is 35.2 Å². The number of anilines is 1. The van der Waals surface area contributed by atoms with Crippen LogP contribution in [0.3, 0.4) is 0 Å². The van der Waals surface area contributed by atoms with Gasteiger partial charge in [0.05, 0.1) is 5.56 Å². The number of nitrogens with two attached hydrogens (primary N) is 1. The van der Waals surface area contributed by atoms with Crippen molar-refractivity contribution in [3.63, 3.8) is 0 Å². The molecule has 0 fully saturated rings. The number of hydrogen-bond acceptors (Lipinski definition) is 4. The maximum absolute atomic E-state index is 13.8. The third-order valence-corrected chi connectivity index (χ3v) is 3.95. The van der Waals surface area contributed by atoms with Gasteiger partial charge in [0.25, 0.3) is 5.91 Å². The summed E-state index contributed by atoms with van der Waals surface area (Å²) in [6.45, 7) is -0.571. The highest BCUT2D eigenvalue weighted by atomic mass is 35.5. The zero-order valence-corrected chi connectivity index (χ0v) is 15.1. The molecule has 0 aliphatic rings. The van der Waals surface area contributed by atoms with E-state index < -0.39 is 30.3 Å². The van der Waals surface area contributed by atoms with Gasteiger partial charge in [-0.1, -0.05) is 17.7 Å². The monoisotopic (exact) mass is 393 g/mol. The van der Waals surface area contributed by atoms with E-state index >= 15 is 0 Å². The molecule has 0 bridgehead atoms. The number of amides is 3. The first kappa shape index (κ1) is 20.2. The fourth-order valence-corrected chi connectivity index (χ4v) is 2.38. The molecule has 0 radical (unpaired) electrons. The van der Waals surface area contributed by atoms with Crippen LogP contribution in [0.15, 0.2) is 42.5 Å². The molecule has 0 unspecified atom stereocenters. The van der Waals surface area contributed by atoms with Crippen LogP contribution >= 0.6 is 11.6 Å². The lowest BCUT2D eigenvalue weighted by molar-refractivity contribution is -0.133. The van der Waals surface area contributed by atoms with E-state index in [1.165, 1.54) is 54.4 Å². The van der Waals surface area contributed by atoms with Gasteiger partial charge in [-0.15, -0.1) is 0 Å². The van der Waals surface area contributed by atoms with Gasteiger partial charge in [-0.3, -0.25) is 4.79 Å². The molecule has 0 aliphatic heterocycles. The molecular formula is C18H17ClFN3O4. The number of carbonyl (C=O) groups is 3. The van der Waals surface area contributed by atoms with Gasteiger partial charge in [-0.2, -0.15) is 0 Å². The van der Waals surface area contributed by atoms with Gasteiger partial charge < -0.3 is 20.7 Å². The molecule has 2 rings (SSSR count). The number of benzene rings is 2. The normalized spacial score (nSPS) is 10.2. The van der Waals surface area contributed by atoms with Crippen LogP contribution < -0.4 is 11.1 Å². The number of nitrogens with one attached hydrogen (secondary N) is 1. The van der Waals surface area contributed by atoms with Crippen molar-refractivity contribution < 1.29 is 23.5 Å². The lowest BCUT2D eigenvalue weighted by Crippen LogP contribution is -2.31. The second-order valence-electron chi connectivity index (χ2n) is 5.59. The molecule has 3 N–H and O–H groups in total. The predicted molar refractivity (Wildman–Crippen MR) is 97.8 cm³/mol. The third-order valence-electron chi connectivity index (χ3n) is 3.60. The Morgan fingerprint density at radius 1 is 1.19 bits per heavy atom. The molecule has 0 atom stereocenters. The van der Waals surface area contributed by atoms with Crippen molar-refractivity contribution in [3.8, 4) is 0 Å². The molecule has 0 aliphatic carbocycles. The highest BCUT2D eigenvalue weighted by molar-refractivity contribution is 6.31. The summed E-state index contributed by atoms with van der Waals surface area (Å²) in [7, 11) is 1.45. The number of primary amides is 1. The molecule has 0 heterocycles. The molecule has 3 amide bonds. The van der Waals surface area contributed by atoms with E-state index in [4.69, 9.17) is 22.1 Å². The van der Waals surface area contributed by atoms with E-state index in [1.807, 2.05) is 0 Å². The predicted octanol–water partition coefficient (Wildman–Crippen LogP) is 2.79. The maximum Gasteiger partial charge on any atom is 0.338 e. The number of hydrogen-bond donors (Lipinski definition) is 2. The van der Waals surface area contributed by atoms with Gasteiger partial charge in [-0.05, 0) is 36.4 Å².